The van der Waals surface area contributed by atoms with Gasteiger partial charge in [0.2, 0.25) is 0 Å². The van der Waals surface area contributed by atoms with E-state index in [-0.39, 0.29) is 11.9 Å². The Kier molecular flexibility index (Phi) is 6.24. The molecule has 0 aliphatic carbocycles. The fourth-order valence-electron chi connectivity index (χ4n) is 4.40. The van der Waals surface area contributed by atoms with Crippen molar-refractivity contribution < 1.29 is 19.0 Å². The number of rotatable bonds is 7. The molecule has 30 heavy (non-hydrogen) atoms. The number of para-hydroxylation sites is 1. The zero-order chi connectivity index (χ0) is 21.1. The fourth-order valence-corrected chi connectivity index (χ4v) is 4.40. The molecular weight excluding hydrogens is 384 g/mol. The van der Waals surface area contributed by atoms with Crippen LogP contribution in [-0.2, 0) is 30.9 Å². The number of fused-ring (bicyclic) bond motifs is 1. The minimum absolute atomic E-state index is 0.0914. The third-order valence-corrected chi connectivity index (χ3v) is 5.91. The molecule has 1 atom stereocenters. The van der Waals surface area contributed by atoms with Gasteiger partial charge in [0, 0.05) is 49.9 Å². The smallest absolute Gasteiger partial charge is 0.255 e. The van der Waals surface area contributed by atoms with E-state index in [9.17, 15) is 4.79 Å². The SMILES string of the molecule is CCn1nc(CN2CCC(NC(=O)c3cccc(OC)c3OC)C2)c2c1CCOC2. The van der Waals surface area contributed by atoms with Crippen LogP contribution in [0.2, 0.25) is 0 Å². The van der Waals surface area contributed by atoms with Crippen molar-refractivity contribution in [2.24, 2.45) is 0 Å². The van der Waals surface area contributed by atoms with Gasteiger partial charge in [-0.25, -0.2) is 0 Å². The lowest BCUT2D eigenvalue weighted by Crippen LogP contribution is -2.37. The Morgan fingerprint density at radius 2 is 2.20 bits per heavy atom. The predicted molar refractivity (Wildman–Crippen MR) is 112 cm³/mol. The molecule has 8 heteroatoms. The first-order valence-electron chi connectivity index (χ1n) is 10.5. The second-order valence-electron chi connectivity index (χ2n) is 7.73. The van der Waals surface area contributed by atoms with E-state index in [2.05, 4.69) is 21.8 Å². The number of hydrogen-bond donors (Lipinski definition) is 1. The maximum Gasteiger partial charge on any atom is 0.255 e. The van der Waals surface area contributed by atoms with Crippen LogP contribution in [0.1, 0.15) is 40.7 Å². The van der Waals surface area contributed by atoms with Gasteiger partial charge in [0.15, 0.2) is 11.5 Å². The summed E-state index contributed by atoms with van der Waals surface area (Å²) in [4.78, 5) is 15.2. The lowest BCUT2D eigenvalue weighted by molar-refractivity contribution is 0.0934. The summed E-state index contributed by atoms with van der Waals surface area (Å²) in [6.45, 7) is 6.93. The minimum Gasteiger partial charge on any atom is -0.493 e. The largest absolute Gasteiger partial charge is 0.493 e. The number of amides is 1. The van der Waals surface area contributed by atoms with Crippen molar-refractivity contribution in [2.75, 3.05) is 33.9 Å². The van der Waals surface area contributed by atoms with E-state index >= 15 is 0 Å². The van der Waals surface area contributed by atoms with E-state index < -0.39 is 0 Å². The zero-order valence-corrected chi connectivity index (χ0v) is 17.9. The molecule has 1 aromatic heterocycles. The molecule has 0 radical (unpaired) electrons. The van der Waals surface area contributed by atoms with Gasteiger partial charge in [-0.3, -0.25) is 14.4 Å². The molecule has 162 valence electrons. The van der Waals surface area contributed by atoms with Gasteiger partial charge in [0.25, 0.3) is 5.91 Å². The number of methoxy groups -OCH3 is 2. The Morgan fingerprint density at radius 3 is 2.97 bits per heavy atom. The Labute approximate surface area is 177 Å². The highest BCUT2D eigenvalue weighted by atomic mass is 16.5. The van der Waals surface area contributed by atoms with Crippen LogP contribution in [0.5, 0.6) is 11.5 Å². The molecule has 4 rings (SSSR count). The van der Waals surface area contributed by atoms with Crippen LogP contribution in [0, 0.1) is 0 Å². The number of nitrogens with zero attached hydrogens (tertiary/aromatic N) is 3. The first kappa shape index (κ1) is 20.7. The van der Waals surface area contributed by atoms with Gasteiger partial charge in [-0.05, 0) is 25.5 Å². The molecule has 3 heterocycles. The summed E-state index contributed by atoms with van der Waals surface area (Å²) in [6, 6.07) is 5.43. The van der Waals surface area contributed by atoms with Crippen LogP contribution < -0.4 is 14.8 Å². The van der Waals surface area contributed by atoms with E-state index in [0.29, 0.717) is 23.7 Å². The number of ether oxygens (including phenoxy) is 3. The molecule has 1 fully saturated rings. The quantitative estimate of drug-likeness (QED) is 0.747. The third kappa shape index (κ3) is 4.02. The molecule has 1 saturated heterocycles. The van der Waals surface area contributed by atoms with Crippen LogP contribution in [-0.4, -0.2) is 60.5 Å². The molecule has 2 aromatic rings. The molecule has 8 nitrogen and oxygen atoms in total. The lowest BCUT2D eigenvalue weighted by atomic mass is 10.1. The van der Waals surface area contributed by atoms with Crippen molar-refractivity contribution in [3.63, 3.8) is 0 Å². The molecule has 2 aliphatic rings. The maximum atomic E-state index is 12.8. The van der Waals surface area contributed by atoms with E-state index in [0.717, 1.165) is 51.3 Å². The number of nitrogens with one attached hydrogen (secondary N) is 1. The minimum atomic E-state index is -0.140. The van der Waals surface area contributed by atoms with E-state index in [1.165, 1.54) is 11.3 Å². The summed E-state index contributed by atoms with van der Waals surface area (Å²) in [5.41, 5.74) is 4.15. The zero-order valence-electron chi connectivity index (χ0n) is 17.9. The molecule has 0 spiro atoms. The Morgan fingerprint density at radius 1 is 1.33 bits per heavy atom. The fraction of sp³-hybridized carbons (Fsp3) is 0.545. The standard InChI is InChI=1S/C22H30N4O4/c1-4-26-19-9-11-30-14-17(19)18(24-26)13-25-10-8-15(12-25)23-22(27)16-6-5-7-20(28-2)21(16)29-3/h5-7,15H,4,8-14H2,1-3H3,(H,23,27). The van der Waals surface area contributed by atoms with Crippen molar-refractivity contribution in [3.05, 3.63) is 40.7 Å². The number of carbonyl (C=O) groups excluding carboxylic acids is 1. The van der Waals surface area contributed by atoms with E-state index in [4.69, 9.17) is 19.3 Å². The summed E-state index contributed by atoms with van der Waals surface area (Å²) in [6.07, 6.45) is 1.84. The molecular formula is C22H30N4O4. The van der Waals surface area contributed by atoms with E-state index in [1.54, 1.807) is 32.4 Å². The molecule has 1 aromatic carbocycles. The normalized spacial score (nSPS) is 18.8. The molecule has 0 saturated carbocycles. The molecule has 1 amide bonds. The highest BCUT2D eigenvalue weighted by Crippen LogP contribution is 2.31. The summed E-state index contributed by atoms with van der Waals surface area (Å²) in [7, 11) is 3.11. The van der Waals surface area contributed by atoms with Gasteiger partial charge in [0.1, 0.15) is 0 Å². The van der Waals surface area contributed by atoms with Crippen molar-refractivity contribution in [1.82, 2.24) is 20.0 Å². The van der Waals surface area contributed by atoms with Gasteiger partial charge in [-0.2, -0.15) is 5.10 Å². The molecule has 1 unspecified atom stereocenters. The van der Waals surface area contributed by atoms with Crippen LogP contribution in [0.25, 0.3) is 0 Å². The first-order valence-corrected chi connectivity index (χ1v) is 10.5. The summed E-state index contributed by atoms with van der Waals surface area (Å²) < 4.78 is 18.5. The number of likely N-dealkylation sites (tertiary alicyclic amines) is 1. The van der Waals surface area contributed by atoms with Gasteiger partial charge >= 0.3 is 0 Å². The average Bonchev–Trinajstić information content (AvgIpc) is 3.37. The maximum absolute atomic E-state index is 12.8. The molecule has 2 aliphatic heterocycles. The lowest BCUT2D eigenvalue weighted by Gasteiger charge is -2.18. The second-order valence-corrected chi connectivity index (χ2v) is 7.73. The van der Waals surface area contributed by atoms with Crippen LogP contribution in [0.3, 0.4) is 0 Å². The number of aryl methyl sites for hydroxylation is 1. The highest BCUT2D eigenvalue weighted by Gasteiger charge is 2.28. The highest BCUT2D eigenvalue weighted by molar-refractivity contribution is 5.98. The Hall–Kier alpha value is -2.58. The van der Waals surface area contributed by atoms with E-state index in [1.807, 2.05) is 0 Å². The van der Waals surface area contributed by atoms with Crippen LogP contribution in [0.4, 0.5) is 0 Å². The topological polar surface area (TPSA) is 77.9 Å². The van der Waals surface area contributed by atoms with Gasteiger partial charge < -0.3 is 19.5 Å². The molecule has 1 N–H and O–H groups in total. The number of benzene rings is 1. The number of hydrogen-bond acceptors (Lipinski definition) is 6. The number of carbonyl (C=O) groups is 1. The molecule has 0 bridgehead atoms. The Balaban J connectivity index is 1.40. The monoisotopic (exact) mass is 414 g/mol. The van der Waals surface area contributed by atoms with Crippen molar-refractivity contribution >= 4 is 5.91 Å². The van der Waals surface area contributed by atoms with Crippen LogP contribution >= 0.6 is 0 Å². The first-order chi connectivity index (χ1) is 14.6. The van der Waals surface area contributed by atoms with Crippen molar-refractivity contribution in [1.29, 1.82) is 0 Å². The summed E-state index contributed by atoms with van der Waals surface area (Å²) in [5.74, 6) is 0.874. The van der Waals surface area contributed by atoms with Crippen LogP contribution in [0.15, 0.2) is 18.2 Å². The number of aromatic nitrogens is 2. The summed E-state index contributed by atoms with van der Waals surface area (Å²) >= 11 is 0. The average molecular weight is 415 g/mol. The second kappa shape index (κ2) is 9.06. The summed E-state index contributed by atoms with van der Waals surface area (Å²) in [5, 5.41) is 7.98. The van der Waals surface area contributed by atoms with Crippen molar-refractivity contribution in [2.45, 2.75) is 45.5 Å². The van der Waals surface area contributed by atoms with Gasteiger partial charge in [-0.15, -0.1) is 0 Å². The Bertz CT molecular complexity index is 911. The van der Waals surface area contributed by atoms with Gasteiger partial charge in [0.05, 0.1) is 38.7 Å². The third-order valence-electron chi connectivity index (χ3n) is 5.91. The van der Waals surface area contributed by atoms with Crippen molar-refractivity contribution in [3.8, 4) is 11.5 Å². The predicted octanol–water partition coefficient (Wildman–Crippen LogP) is 2.00. The van der Waals surface area contributed by atoms with Gasteiger partial charge in [-0.1, -0.05) is 6.07 Å².